The first kappa shape index (κ1) is 11.7. The lowest BCUT2D eigenvalue weighted by Crippen LogP contribution is -2.09. The maximum Gasteiger partial charge on any atom is 0.142 e. The second-order valence-corrected chi connectivity index (χ2v) is 4.62. The molecular weight excluding hydrogens is 240 g/mol. The molecule has 3 nitrogen and oxygen atoms in total. The average Bonchev–Trinajstić information content (AvgIpc) is 2.44. The van der Waals surface area contributed by atoms with Crippen LogP contribution in [0.1, 0.15) is 22.8 Å². The summed E-state index contributed by atoms with van der Waals surface area (Å²) in [7, 11) is 0. The number of hydrogen-bond acceptors (Lipinski definition) is 3. The number of aromatic hydroxyl groups is 2. The van der Waals surface area contributed by atoms with E-state index in [-0.39, 0.29) is 17.6 Å². The second kappa shape index (κ2) is 4.35. The molecule has 1 aliphatic heterocycles. The molecule has 1 heterocycles. The summed E-state index contributed by atoms with van der Waals surface area (Å²) < 4.78 is 5.94. The fourth-order valence-electron chi connectivity index (χ4n) is 2.19. The van der Waals surface area contributed by atoms with Crippen LogP contribution in [0.2, 0.25) is 0 Å². The van der Waals surface area contributed by atoms with E-state index < -0.39 is 0 Å². The molecule has 0 spiro atoms. The summed E-state index contributed by atoms with van der Waals surface area (Å²) in [6, 6.07) is 10.4. The first-order valence-corrected chi connectivity index (χ1v) is 6.11. The third-order valence-corrected chi connectivity index (χ3v) is 3.32. The number of phenols is 2. The molecule has 3 rings (SSSR count). The van der Waals surface area contributed by atoms with Gasteiger partial charge in [-0.1, -0.05) is 18.2 Å². The summed E-state index contributed by atoms with van der Waals surface area (Å²) >= 11 is 0. The highest BCUT2D eigenvalue weighted by molar-refractivity contribution is 5.65. The van der Waals surface area contributed by atoms with Crippen molar-refractivity contribution in [1.82, 2.24) is 0 Å². The van der Waals surface area contributed by atoms with Gasteiger partial charge in [0.2, 0.25) is 0 Å². The molecule has 0 aliphatic carbocycles. The number of hydrogen-bond donors (Lipinski definition) is 2. The maximum atomic E-state index is 9.73. The van der Waals surface area contributed by atoms with Gasteiger partial charge >= 0.3 is 0 Å². The molecule has 0 saturated carbocycles. The van der Waals surface area contributed by atoms with Crippen molar-refractivity contribution < 1.29 is 14.9 Å². The van der Waals surface area contributed by atoms with Crippen LogP contribution in [0.15, 0.2) is 42.5 Å². The van der Waals surface area contributed by atoms with Crippen molar-refractivity contribution in [3.05, 3.63) is 59.2 Å². The molecule has 0 aromatic heterocycles. The lowest BCUT2D eigenvalue weighted by molar-refractivity contribution is 0.248. The highest BCUT2D eigenvalue weighted by atomic mass is 16.5. The highest BCUT2D eigenvalue weighted by Gasteiger charge is 2.19. The van der Waals surface area contributed by atoms with Crippen molar-refractivity contribution >= 4 is 6.08 Å². The molecule has 2 N–H and O–H groups in total. The van der Waals surface area contributed by atoms with Crippen LogP contribution in [0.5, 0.6) is 17.2 Å². The lowest BCUT2D eigenvalue weighted by atomic mass is 10.0. The Morgan fingerprint density at radius 3 is 2.47 bits per heavy atom. The normalized spacial score (nSPS) is 16.8. The Kier molecular flexibility index (Phi) is 2.67. The smallest absolute Gasteiger partial charge is 0.142 e. The van der Waals surface area contributed by atoms with Crippen LogP contribution < -0.4 is 4.74 Å². The van der Waals surface area contributed by atoms with E-state index in [0.717, 1.165) is 16.7 Å². The van der Waals surface area contributed by atoms with E-state index in [1.807, 2.05) is 37.3 Å². The number of rotatable bonds is 1. The molecule has 0 saturated heterocycles. The van der Waals surface area contributed by atoms with Gasteiger partial charge in [-0.05, 0) is 42.8 Å². The molecule has 1 atom stereocenters. The van der Waals surface area contributed by atoms with E-state index in [0.29, 0.717) is 5.75 Å². The van der Waals surface area contributed by atoms with E-state index in [1.165, 1.54) is 0 Å². The van der Waals surface area contributed by atoms with Crippen molar-refractivity contribution in [1.29, 1.82) is 0 Å². The molecule has 0 radical (unpaired) electrons. The Labute approximate surface area is 111 Å². The Balaban J connectivity index is 1.98. The van der Waals surface area contributed by atoms with Gasteiger partial charge in [0.15, 0.2) is 0 Å². The van der Waals surface area contributed by atoms with E-state index in [1.54, 1.807) is 18.2 Å². The first-order valence-electron chi connectivity index (χ1n) is 6.11. The SMILES string of the molecule is Cc1c(O)ccc2c1O[C@@H](c1ccc(O)cc1)C=C2. The van der Waals surface area contributed by atoms with Gasteiger partial charge in [0.05, 0.1) is 0 Å². The molecule has 3 heteroatoms. The van der Waals surface area contributed by atoms with Crippen LogP contribution in [-0.2, 0) is 0 Å². The zero-order valence-corrected chi connectivity index (χ0v) is 10.5. The zero-order valence-electron chi connectivity index (χ0n) is 10.5. The topological polar surface area (TPSA) is 49.7 Å². The van der Waals surface area contributed by atoms with Crippen LogP contribution in [-0.4, -0.2) is 10.2 Å². The number of ether oxygens (including phenoxy) is 1. The van der Waals surface area contributed by atoms with E-state index >= 15 is 0 Å². The summed E-state index contributed by atoms with van der Waals surface area (Å²) in [6.07, 6.45) is 3.75. The average molecular weight is 254 g/mol. The van der Waals surface area contributed by atoms with Gasteiger partial charge in [0.25, 0.3) is 0 Å². The van der Waals surface area contributed by atoms with Crippen LogP contribution in [0.25, 0.3) is 6.08 Å². The van der Waals surface area contributed by atoms with Gasteiger partial charge in [-0.25, -0.2) is 0 Å². The molecule has 96 valence electrons. The van der Waals surface area contributed by atoms with Crippen LogP contribution in [0.4, 0.5) is 0 Å². The molecule has 0 bridgehead atoms. The minimum atomic E-state index is -0.200. The largest absolute Gasteiger partial charge is 0.508 e. The number of fused-ring (bicyclic) bond motifs is 1. The quantitative estimate of drug-likeness (QED) is 0.818. The Morgan fingerprint density at radius 2 is 1.74 bits per heavy atom. The van der Waals surface area contributed by atoms with E-state index in [2.05, 4.69) is 0 Å². The van der Waals surface area contributed by atoms with Gasteiger partial charge in [0.1, 0.15) is 23.4 Å². The van der Waals surface area contributed by atoms with E-state index in [4.69, 9.17) is 4.74 Å². The van der Waals surface area contributed by atoms with Gasteiger partial charge in [-0.2, -0.15) is 0 Å². The standard InChI is InChI=1S/C16H14O3/c1-10-14(18)8-4-12-5-9-15(19-16(10)12)11-2-6-13(17)7-3-11/h2-9,15,17-18H,1H3/t15-/m1/s1. The van der Waals surface area contributed by atoms with Gasteiger partial charge < -0.3 is 14.9 Å². The van der Waals surface area contributed by atoms with Crippen molar-refractivity contribution in [2.45, 2.75) is 13.0 Å². The van der Waals surface area contributed by atoms with Crippen molar-refractivity contribution in [2.24, 2.45) is 0 Å². The summed E-state index contributed by atoms with van der Waals surface area (Å²) in [6.45, 7) is 1.83. The lowest BCUT2D eigenvalue weighted by Gasteiger charge is -2.23. The van der Waals surface area contributed by atoms with Crippen molar-refractivity contribution in [2.75, 3.05) is 0 Å². The fraction of sp³-hybridized carbons (Fsp3) is 0.125. The Bertz CT molecular complexity index is 642. The molecule has 2 aromatic carbocycles. The monoisotopic (exact) mass is 254 g/mol. The van der Waals surface area contributed by atoms with Crippen LogP contribution in [0.3, 0.4) is 0 Å². The zero-order chi connectivity index (χ0) is 13.4. The Morgan fingerprint density at radius 1 is 1.00 bits per heavy atom. The minimum absolute atomic E-state index is 0.200. The molecule has 0 fully saturated rings. The predicted molar refractivity (Wildman–Crippen MR) is 73.4 cm³/mol. The maximum absolute atomic E-state index is 9.73. The van der Waals surface area contributed by atoms with Gasteiger partial charge in [-0.3, -0.25) is 0 Å². The molecule has 0 unspecified atom stereocenters. The number of benzene rings is 2. The fourth-order valence-corrected chi connectivity index (χ4v) is 2.19. The molecule has 19 heavy (non-hydrogen) atoms. The van der Waals surface area contributed by atoms with Crippen LogP contribution >= 0.6 is 0 Å². The Hall–Kier alpha value is -2.42. The third-order valence-electron chi connectivity index (χ3n) is 3.32. The molecule has 2 aromatic rings. The van der Waals surface area contributed by atoms with Crippen molar-refractivity contribution in [3.8, 4) is 17.2 Å². The number of phenolic OH excluding ortho intramolecular Hbond substituents is 2. The highest BCUT2D eigenvalue weighted by Crippen LogP contribution is 2.38. The van der Waals surface area contributed by atoms with E-state index in [9.17, 15) is 10.2 Å². The molecule has 1 aliphatic rings. The summed E-state index contributed by atoms with van der Waals surface area (Å²) in [5.74, 6) is 1.18. The summed E-state index contributed by atoms with van der Waals surface area (Å²) in [5.41, 5.74) is 2.67. The molecule has 0 amide bonds. The predicted octanol–water partition coefficient (Wildman–Crippen LogP) is 3.55. The third kappa shape index (κ3) is 2.03. The minimum Gasteiger partial charge on any atom is -0.508 e. The van der Waals surface area contributed by atoms with Crippen LogP contribution in [0, 0.1) is 6.92 Å². The van der Waals surface area contributed by atoms with Gasteiger partial charge in [-0.15, -0.1) is 0 Å². The summed E-state index contributed by atoms with van der Waals surface area (Å²) in [5, 5.41) is 19.0. The van der Waals surface area contributed by atoms with Crippen molar-refractivity contribution in [3.63, 3.8) is 0 Å². The summed E-state index contributed by atoms with van der Waals surface area (Å²) in [4.78, 5) is 0. The second-order valence-electron chi connectivity index (χ2n) is 4.62. The molecular formula is C16H14O3. The first-order chi connectivity index (χ1) is 9.15. The van der Waals surface area contributed by atoms with Gasteiger partial charge in [0, 0.05) is 11.1 Å².